The second-order valence-corrected chi connectivity index (χ2v) is 6.68. The van der Waals surface area contributed by atoms with Gasteiger partial charge in [0, 0.05) is 52.0 Å². The van der Waals surface area contributed by atoms with E-state index in [0.717, 1.165) is 38.5 Å². The third-order valence-corrected chi connectivity index (χ3v) is 4.63. The number of aromatic nitrogens is 3. The summed E-state index contributed by atoms with van der Waals surface area (Å²) in [6.07, 6.45) is 1.82. The summed E-state index contributed by atoms with van der Waals surface area (Å²) in [6, 6.07) is 6.03. The summed E-state index contributed by atoms with van der Waals surface area (Å²) in [5, 5.41) is 18.7. The largest absolute Gasteiger partial charge is 0.361 e. The highest BCUT2D eigenvalue weighted by molar-refractivity contribution is 5.59. The maximum Gasteiger partial charge on any atom is 0.333 e. The highest BCUT2D eigenvalue weighted by atomic mass is 16.6. The lowest BCUT2D eigenvalue weighted by atomic mass is 10.2. The predicted molar refractivity (Wildman–Crippen MR) is 101 cm³/mol. The van der Waals surface area contributed by atoms with E-state index in [4.69, 9.17) is 0 Å². The summed E-state index contributed by atoms with van der Waals surface area (Å²) >= 11 is 0. The Kier molecular flexibility index (Phi) is 5.36. The van der Waals surface area contributed by atoms with Crippen molar-refractivity contribution in [3.63, 3.8) is 0 Å². The van der Waals surface area contributed by atoms with Crippen molar-refractivity contribution in [3.05, 3.63) is 40.2 Å². The van der Waals surface area contributed by atoms with Gasteiger partial charge in [0.2, 0.25) is 5.82 Å². The summed E-state index contributed by atoms with van der Waals surface area (Å²) in [5.74, 6) is 1.48. The highest BCUT2D eigenvalue weighted by Gasteiger charge is 2.26. The zero-order valence-electron chi connectivity index (χ0n) is 15.4. The molecular weight excluding hydrogens is 334 g/mol. The molecule has 1 aliphatic heterocycles. The van der Waals surface area contributed by atoms with E-state index in [1.54, 1.807) is 18.7 Å². The normalized spacial score (nSPS) is 16.5. The maximum absolute atomic E-state index is 11.3. The fraction of sp³-hybridized carbons (Fsp3) is 0.529. The van der Waals surface area contributed by atoms with Crippen LogP contribution in [0.2, 0.25) is 0 Å². The molecule has 1 fully saturated rings. The quantitative estimate of drug-likeness (QED) is 0.619. The van der Waals surface area contributed by atoms with Crippen LogP contribution in [-0.2, 0) is 7.05 Å². The summed E-state index contributed by atoms with van der Waals surface area (Å²) in [5.41, 5.74) is 0.482. The Hall–Kier alpha value is -2.68. The molecule has 1 atom stereocenters. The lowest BCUT2D eigenvalue weighted by molar-refractivity contribution is -0.384. The van der Waals surface area contributed by atoms with Crippen LogP contribution in [0.3, 0.4) is 0 Å². The molecule has 1 aliphatic rings. The minimum absolute atomic E-state index is 0.0549. The first kappa shape index (κ1) is 18.1. The van der Waals surface area contributed by atoms with Gasteiger partial charge in [-0.05, 0) is 26.0 Å². The Morgan fingerprint density at radius 1 is 1.31 bits per heavy atom. The van der Waals surface area contributed by atoms with Crippen LogP contribution < -0.4 is 10.2 Å². The summed E-state index contributed by atoms with van der Waals surface area (Å²) in [6.45, 7) is 8.24. The van der Waals surface area contributed by atoms with E-state index in [9.17, 15) is 10.1 Å². The van der Waals surface area contributed by atoms with Crippen LogP contribution in [0.1, 0.15) is 12.6 Å². The molecule has 1 unspecified atom stereocenters. The first-order valence-electron chi connectivity index (χ1n) is 8.78. The van der Waals surface area contributed by atoms with Gasteiger partial charge in [0.25, 0.3) is 0 Å². The number of piperazine rings is 1. The third-order valence-electron chi connectivity index (χ3n) is 4.63. The van der Waals surface area contributed by atoms with Crippen molar-refractivity contribution in [1.29, 1.82) is 0 Å². The standard InChI is InChI=1S/C17H25N7O2/c1-13(19-17-16(24(25)26)14(2)20-21(17)3)12-22-8-10-23(11-9-22)15-6-4-5-7-18-15/h4-7,13,19H,8-12H2,1-3H3. The van der Waals surface area contributed by atoms with Crippen molar-refractivity contribution in [2.24, 2.45) is 7.05 Å². The van der Waals surface area contributed by atoms with Crippen LogP contribution in [0, 0.1) is 17.0 Å². The molecule has 1 saturated heterocycles. The second kappa shape index (κ2) is 7.69. The van der Waals surface area contributed by atoms with Crippen LogP contribution in [0.4, 0.5) is 17.3 Å². The first-order chi connectivity index (χ1) is 12.5. The van der Waals surface area contributed by atoms with E-state index < -0.39 is 0 Å². The van der Waals surface area contributed by atoms with E-state index in [1.165, 1.54) is 0 Å². The number of hydrogen-bond donors (Lipinski definition) is 1. The summed E-state index contributed by atoms with van der Waals surface area (Å²) in [4.78, 5) is 20.0. The fourth-order valence-corrected chi connectivity index (χ4v) is 3.39. The minimum Gasteiger partial charge on any atom is -0.361 e. The number of rotatable bonds is 6. The lowest BCUT2D eigenvalue weighted by Gasteiger charge is -2.36. The highest BCUT2D eigenvalue weighted by Crippen LogP contribution is 2.27. The van der Waals surface area contributed by atoms with Gasteiger partial charge in [0.15, 0.2) is 0 Å². The van der Waals surface area contributed by atoms with Gasteiger partial charge in [0.1, 0.15) is 11.5 Å². The number of hydrogen-bond acceptors (Lipinski definition) is 7. The Morgan fingerprint density at radius 3 is 2.65 bits per heavy atom. The average molecular weight is 359 g/mol. The van der Waals surface area contributed by atoms with Gasteiger partial charge in [-0.15, -0.1) is 0 Å². The topological polar surface area (TPSA) is 92.4 Å². The number of nitrogens with one attached hydrogen (secondary N) is 1. The summed E-state index contributed by atoms with van der Waals surface area (Å²) in [7, 11) is 1.72. The van der Waals surface area contributed by atoms with Gasteiger partial charge in [-0.3, -0.25) is 15.0 Å². The van der Waals surface area contributed by atoms with Gasteiger partial charge < -0.3 is 10.2 Å². The van der Waals surface area contributed by atoms with Gasteiger partial charge in [-0.1, -0.05) is 6.07 Å². The van der Waals surface area contributed by atoms with Crippen LogP contribution in [0.5, 0.6) is 0 Å². The molecule has 2 aromatic rings. The molecule has 9 heteroatoms. The fourth-order valence-electron chi connectivity index (χ4n) is 3.39. The van der Waals surface area contributed by atoms with Crippen molar-refractivity contribution < 1.29 is 4.92 Å². The molecule has 0 saturated carbocycles. The van der Waals surface area contributed by atoms with Crippen LogP contribution in [-0.4, -0.2) is 63.4 Å². The molecule has 0 aromatic carbocycles. The number of nitrogens with zero attached hydrogens (tertiary/aromatic N) is 6. The van der Waals surface area contributed by atoms with Crippen molar-refractivity contribution in [2.45, 2.75) is 19.9 Å². The average Bonchev–Trinajstić information content (AvgIpc) is 2.89. The summed E-state index contributed by atoms with van der Waals surface area (Å²) < 4.78 is 1.54. The van der Waals surface area contributed by atoms with Crippen LogP contribution in [0.15, 0.2) is 24.4 Å². The molecule has 3 rings (SSSR count). The SMILES string of the molecule is Cc1nn(C)c(NC(C)CN2CCN(c3ccccn3)CC2)c1[N+](=O)[O-]. The smallest absolute Gasteiger partial charge is 0.333 e. The molecule has 0 bridgehead atoms. The van der Waals surface area contributed by atoms with Gasteiger partial charge in [-0.2, -0.15) is 5.10 Å². The number of anilines is 2. The monoisotopic (exact) mass is 359 g/mol. The third kappa shape index (κ3) is 3.93. The predicted octanol–water partition coefficient (Wildman–Crippen LogP) is 1.65. The molecule has 0 amide bonds. The molecule has 0 radical (unpaired) electrons. The molecule has 2 aromatic heterocycles. The van der Waals surface area contributed by atoms with Gasteiger partial charge >= 0.3 is 5.69 Å². The molecule has 9 nitrogen and oxygen atoms in total. The first-order valence-corrected chi connectivity index (χ1v) is 8.78. The zero-order valence-corrected chi connectivity index (χ0v) is 15.4. The van der Waals surface area contributed by atoms with E-state index in [1.807, 2.05) is 31.3 Å². The minimum atomic E-state index is -0.372. The van der Waals surface area contributed by atoms with Gasteiger partial charge in [0.05, 0.1) is 4.92 Å². The molecular formula is C17H25N7O2. The molecule has 1 N–H and O–H groups in total. The van der Waals surface area contributed by atoms with Crippen molar-refractivity contribution in [2.75, 3.05) is 42.9 Å². The Morgan fingerprint density at radius 2 is 2.04 bits per heavy atom. The van der Waals surface area contributed by atoms with Crippen molar-refractivity contribution >= 4 is 17.3 Å². The Bertz CT molecular complexity index is 754. The molecule has 3 heterocycles. The molecule has 26 heavy (non-hydrogen) atoms. The van der Waals surface area contributed by atoms with E-state index in [2.05, 4.69) is 25.2 Å². The molecule has 0 spiro atoms. The molecule has 140 valence electrons. The van der Waals surface area contributed by atoms with E-state index in [-0.39, 0.29) is 16.7 Å². The van der Waals surface area contributed by atoms with Crippen LogP contribution >= 0.6 is 0 Å². The Balaban J connectivity index is 1.55. The molecule has 0 aliphatic carbocycles. The lowest BCUT2D eigenvalue weighted by Crippen LogP contribution is -2.49. The van der Waals surface area contributed by atoms with Gasteiger partial charge in [-0.25, -0.2) is 9.67 Å². The second-order valence-electron chi connectivity index (χ2n) is 6.68. The van der Waals surface area contributed by atoms with E-state index >= 15 is 0 Å². The number of nitro groups is 1. The maximum atomic E-state index is 11.3. The number of aryl methyl sites for hydroxylation is 2. The van der Waals surface area contributed by atoms with Crippen LogP contribution in [0.25, 0.3) is 0 Å². The Labute approximate surface area is 152 Å². The van der Waals surface area contributed by atoms with Crippen molar-refractivity contribution in [3.8, 4) is 0 Å². The van der Waals surface area contributed by atoms with Crippen molar-refractivity contribution in [1.82, 2.24) is 19.7 Å². The zero-order chi connectivity index (χ0) is 18.7. The van der Waals surface area contributed by atoms with E-state index in [0.29, 0.717) is 11.5 Å². The number of pyridine rings is 1.